The standard InChI is InChI=1S/C19H30FN3/c20-15-8-9-18(21)19(14-15)22-16-10-12-23(13-11-16)17-6-4-2-1-3-5-7-17/h8-9,14,16-17,22H,1-7,10-13,21H2. The molecule has 128 valence electrons. The molecule has 3 N–H and O–H groups in total. The third-order valence-corrected chi connectivity index (χ3v) is 5.50. The molecule has 1 aromatic rings. The molecule has 0 spiro atoms. The molecule has 3 nitrogen and oxygen atoms in total. The van der Waals surface area contributed by atoms with Crippen LogP contribution in [0.4, 0.5) is 15.8 Å². The highest BCUT2D eigenvalue weighted by molar-refractivity contribution is 5.66. The van der Waals surface area contributed by atoms with Crippen molar-refractivity contribution in [2.24, 2.45) is 0 Å². The molecule has 1 saturated carbocycles. The van der Waals surface area contributed by atoms with Crippen LogP contribution in [0.5, 0.6) is 0 Å². The molecule has 0 atom stereocenters. The van der Waals surface area contributed by atoms with Crippen molar-refractivity contribution in [2.45, 2.75) is 69.9 Å². The number of hydrogen-bond donors (Lipinski definition) is 2. The highest BCUT2D eigenvalue weighted by Crippen LogP contribution is 2.27. The number of nitrogen functional groups attached to an aromatic ring is 1. The number of anilines is 2. The second-order valence-corrected chi connectivity index (χ2v) is 7.19. The van der Waals surface area contributed by atoms with Crippen molar-refractivity contribution in [3.8, 4) is 0 Å². The fourth-order valence-electron chi connectivity index (χ4n) is 4.08. The van der Waals surface area contributed by atoms with Gasteiger partial charge in [0.15, 0.2) is 0 Å². The summed E-state index contributed by atoms with van der Waals surface area (Å²) in [7, 11) is 0. The van der Waals surface area contributed by atoms with Gasteiger partial charge in [-0.2, -0.15) is 0 Å². The fraction of sp³-hybridized carbons (Fsp3) is 0.684. The number of nitrogens with zero attached hydrogens (tertiary/aromatic N) is 1. The van der Waals surface area contributed by atoms with Crippen LogP contribution < -0.4 is 11.1 Å². The number of rotatable bonds is 3. The molecule has 1 heterocycles. The fourth-order valence-corrected chi connectivity index (χ4v) is 4.08. The summed E-state index contributed by atoms with van der Waals surface area (Å²) in [5.74, 6) is -0.228. The zero-order chi connectivity index (χ0) is 16.1. The number of piperidine rings is 1. The summed E-state index contributed by atoms with van der Waals surface area (Å²) in [6.45, 7) is 2.30. The normalized spacial score (nSPS) is 22.5. The Morgan fingerprint density at radius 3 is 2.30 bits per heavy atom. The number of benzene rings is 1. The summed E-state index contributed by atoms with van der Waals surface area (Å²) < 4.78 is 13.4. The average Bonchev–Trinajstić information content (AvgIpc) is 2.52. The van der Waals surface area contributed by atoms with E-state index in [1.54, 1.807) is 6.07 Å². The lowest BCUT2D eigenvalue weighted by Gasteiger charge is -2.39. The zero-order valence-electron chi connectivity index (χ0n) is 14.1. The smallest absolute Gasteiger partial charge is 0.125 e. The van der Waals surface area contributed by atoms with Gasteiger partial charge in [-0.15, -0.1) is 0 Å². The Balaban J connectivity index is 1.50. The number of nitrogens with two attached hydrogens (primary N) is 1. The molecule has 3 rings (SSSR count). The second kappa shape index (κ2) is 8.00. The van der Waals surface area contributed by atoms with E-state index in [1.807, 2.05) is 0 Å². The van der Waals surface area contributed by atoms with Crippen molar-refractivity contribution >= 4 is 11.4 Å². The zero-order valence-corrected chi connectivity index (χ0v) is 14.1. The van der Waals surface area contributed by atoms with E-state index in [0.29, 0.717) is 11.7 Å². The Morgan fingerprint density at radius 1 is 0.957 bits per heavy atom. The maximum atomic E-state index is 13.4. The van der Waals surface area contributed by atoms with Crippen molar-refractivity contribution < 1.29 is 4.39 Å². The lowest BCUT2D eigenvalue weighted by atomic mass is 9.93. The third-order valence-electron chi connectivity index (χ3n) is 5.50. The molecular weight excluding hydrogens is 289 g/mol. The van der Waals surface area contributed by atoms with Crippen LogP contribution in [0.1, 0.15) is 57.8 Å². The van der Waals surface area contributed by atoms with E-state index < -0.39 is 0 Å². The minimum atomic E-state index is -0.228. The molecule has 0 aromatic heterocycles. The van der Waals surface area contributed by atoms with Gasteiger partial charge in [-0.05, 0) is 43.9 Å². The van der Waals surface area contributed by atoms with E-state index in [1.165, 1.54) is 57.1 Å². The highest BCUT2D eigenvalue weighted by atomic mass is 19.1. The summed E-state index contributed by atoms with van der Waals surface area (Å²) in [6.07, 6.45) is 12.0. The van der Waals surface area contributed by atoms with Crippen molar-refractivity contribution in [1.82, 2.24) is 4.90 Å². The molecule has 4 heteroatoms. The number of likely N-dealkylation sites (tertiary alicyclic amines) is 1. The van der Waals surface area contributed by atoms with Crippen LogP contribution >= 0.6 is 0 Å². The number of nitrogens with one attached hydrogen (secondary N) is 1. The second-order valence-electron chi connectivity index (χ2n) is 7.19. The summed E-state index contributed by atoms with van der Waals surface area (Å²) in [6, 6.07) is 5.76. The molecular formula is C19H30FN3. The molecule has 0 bridgehead atoms. The Hall–Kier alpha value is -1.29. The first-order valence-electron chi connectivity index (χ1n) is 9.28. The van der Waals surface area contributed by atoms with Crippen LogP contribution in [0.15, 0.2) is 18.2 Å². The lowest BCUT2D eigenvalue weighted by Crippen LogP contribution is -2.44. The minimum Gasteiger partial charge on any atom is -0.397 e. The highest BCUT2D eigenvalue weighted by Gasteiger charge is 2.25. The van der Waals surface area contributed by atoms with E-state index in [9.17, 15) is 4.39 Å². The van der Waals surface area contributed by atoms with Gasteiger partial charge in [0.25, 0.3) is 0 Å². The Bertz CT molecular complexity index is 489. The predicted octanol–water partition coefficient (Wildman–Crippen LogP) is 4.40. The van der Waals surface area contributed by atoms with Crippen molar-refractivity contribution in [3.05, 3.63) is 24.0 Å². The van der Waals surface area contributed by atoms with Gasteiger partial charge in [0.1, 0.15) is 5.82 Å². The Labute approximate surface area is 139 Å². The van der Waals surface area contributed by atoms with E-state index in [-0.39, 0.29) is 5.82 Å². The lowest BCUT2D eigenvalue weighted by molar-refractivity contribution is 0.133. The van der Waals surface area contributed by atoms with Gasteiger partial charge in [0.05, 0.1) is 11.4 Å². The van der Waals surface area contributed by atoms with Gasteiger partial charge in [-0.1, -0.05) is 32.1 Å². The van der Waals surface area contributed by atoms with Crippen LogP contribution in [0.2, 0.25) is 0 Å². The van der Waals surface area contributed by atoms with Crippen LogP contribution in [0, 0.1) is 5.82 Å². The predicted molar refractivity (Wildman–Crippen MR) is 95.1 cm³/mol. The van der Waals surface area contributed by atoms with E-state index in [2.05, 4.69) is 10.2 Å². The van der Waals surface area contributed by atoms with Crippen molar-refractivity contribution in [2.75, 3.05) is 24.1 Å². The Morgan fingerprint density at radius 2 is 1.61 bits per heavy atom. The SMILES string of the molecule is Nc1ccc(F)cc1NC1CCN(C2CCCCCCC2)CC1. The summed E-state index contributed by atoms with van der Waals surface area (Å²) in [5.41, 5.74) is 7.32. The van der Waals surface area contributed by atoms with E-state index in [0.717, 1.165) is 37.7 Å². The van der Waals surface area contributed by atoms with Crippen molar-refractivity contribution in [3.63, 3.8) is 0 Å². The van der Waals surface area contributed by atoms with Crippen molar-refractivity contribution in [1.29, 1.82) is 0 Å². The molecule has 2 aliphatic rings. The summed E-state index contributed by atoms with van der Waals surface area (Å²) in [4.78, 5) is 2.69. The maximum absolute atomic E-state index is 13.4. The first-order chi connectivity index (χ1) is 11.2. The molecule has 23 heavy (non-hydrogen) atoms. The number of halogens is 1. The van der Waals surface area contributed by atoms with Crippen LogP contribution in [-0.2, 0) is 0 Å². The molecule has 0 unspecified atom stereocenters. The van der Waals surface area contributed by atoms with Gasteiger partial charge in [0, 0.05) is 25.2 Å². The summed E-state index contributed by atoms with van der Waals surface area (Å²) >= 11 is 0. The maximum Gasteiger partial charge on any atom is 0.125 e. The quantitative estimate of drug-likeness (QED) is 0.812. The first kappa shape index (κ1) is 16.6. The molecule has 1 aliphatic heterocycles. The summed E-state index contributed by atoms with van der Waals surface area (Å²) in [5, 5.41) is 3.44. The van der Waals surface area contributed by atoms with E-state index >= 15 is 0 Å². The van der Waals surface area contributed by atoms with Gasteiger partial charge in [-0.3, -0.25) is 0 Å². The van der Waals surface area contributed by atoms with Crippen LogP contribution in [0.25, 0.3) is 0 Å². The molecule has 1 saturated heterocycles. The van der Waals surface area contributed by atoms with E-state index in [4.69, 9.17) is 5.73 Å². The molecule has 1 aliphatic carbocycles. The first-order valence-corrected chi connectivity index (χ1v) is 9.28. The molecule has 1 aromatic carbocycles. The van der Waals surface area contributed by atoms with Gasteiger partial charge < -0.3 is 16.0 Å². The van der Waals surface area contributed by atoms with Gasteiger partial charge >= 0.3 is 0 Å². The Kier molecular flexibility index (Phi) is 5.76. The van der Waals surface area contributed by atoms with Gasteiger partial charge in [-0.25, -0.2) is 4.39 Å². The monoisotopic (exact) mass is 319 g/mol. The molecule has 0 radical (unpaired) electrons. The van der Waals surface area contributed by atoms with Crippen LogP contribution in [0.3, 0.4) is 0 Å². The topological polar surface area (TPSA) is 41.3 Å². The minimum absolute atomic E-state index is 0.228. The molecule has 0 amide bonds. The largest absolute Gasteiger partial charge is 0.397 e. The van der Waals surface area contributed by atoms with Gasteiger partial charge in [0.2, 0.25) is 0 Å². The number of hydrogen-bond acceptors (Lipinski definition) is 3. The molecule has 2 fully saturated rings. The van der Waals surface area contributed by atoms with Crippen LogP contribution in [-0.4, -0.2) is 30.1 Å². The average molecular weight is 319 g/mol. The third kappa shape index (κ3) is 4.60.